The van der Waals surface area contributed by atoms with Crippen LogP contribution in [-0.2, 0) is 0 Å². The summed E-state index contributed by atoms with van der Waals surface area (Å²) in [5.41, 5.74) is 0.912. The van der Waals surface area contributed by atoms with E-state index in [9.17, 15) is 0 Å². The molecule has 1 N–H and O–H groups in total. The van der Waals surface area contributed by atoms with Crippen molar-refractivity contribution in [1.29, 1.82) is 0 Å². The summed E-state index contributed by atoms with van der Waals surface area (Å²) in [6.07, 6.45) is 3.38. The molecule has 1 aromatic carbocycles. The molecule has 4 heteroatoms. The fraction of sp³-hybridized carbons (Fsp3) is 0.500. The van der Waals surface area contributed by atoms with E-state index in [4.69, 9.17) is 23.2 Å². The van der Waals surface area contributed by atoms with Crippen molar-refractivity contribution in [2.24, 2.45) is 0 Å². The van der Waals surface area contributed by atoms with E-state index in [0.717, 1.165) is 29.4 Å². The summed E-state index contributed by atoms with van der Waals surface area (Å²) in [7, 11) is 0. The van der Waals surface area contributed by atoms with Crippen LogP contribution in [0.15, 0.2) is 16.6 Å². The lowest BCUT2D eigenvalue weighted by Gasteiger charge is -2.19. The van der Waals surface area contributed by atoms with Gasteiger partial charge in [0.05, 0.1) is 15.7 Å². The third kappa shape index (κ3) is 3.54. The van der Waals surface area contributed by atoms with Crippen LogP contribution in [0.5, 0.6) is 0 Å². The number of halogens is 3. The van der Waals surface area contributed by atoms with E-state index in [1.54, 1.807) is 0 Å². The van der Waals surface area contributed by atoms with Gasteiger partial charge in [-0.25, -0.2) is 0 Å². The molecule has 1 rings (SSSR count). The lowest BCUT2D eigenvalue weighted by molar-refractivity contribution is 0.623. The molecule has 16 heavy (non-hydrogen) atoms. The molecular weight excluding hydrogens is 309 g/mol. The Balaban J connectivity index is 2.84. The molecule has 0 aliphatic heterocycles. The summed E-state index contributed by atoms with van der Waals surface area (Å²) >= 11 is 15.6. The second-order valence-electron chi connectivity index (χ2n) is 3.76. The van der Waals surface area contributed by atoms with E-state index in [2.05, 4.69) is 35.1 Å². The van der Waals surface area contributed by atoms with Gasteiger partial charge in [0, 0.05) is 10.5 Å². The van der Waals surface area contributed by atoms with Crippen LogP contribution in [0, 0.1) is 0 Å². The predicted octanol–water partition coefficient (Wildman–Crippen LogP) is 5.75. The van der Waals surface area contributed by atoms with Gasteiger partial charge in [0.1, 0.15) is 0 Å². The van der Waals surface area contributed by atoms with Crippen LogP contribution >= 0.6 is 39.1 Å². The topological polar surface area (TPSA) is 12.0 Å². The molecule has 0 aromatic heterocycles. The minimum atomic E-state index is 0.458. The van der Waals surface area contributed by atoms with E-state index >= 15 is 0 Å². The van der Waals surface area contributed by atoms with Gasteiger partial charge in [-0.3, -0.25) is 0 Å². The number of hydrogen-bond acceptors (Lipinski definition) is 1. The Kier molecular flexibility index (Phi) is 5.95. The fourth-order valence-corrected chi connectivity index (χ4v) is 2.41. The van der Waals surface area contributed by atoms with Crippen molar-refractivity contribution < 1.29 is 0 Å². The summed E-state index contributed by atoms with van der Waals surface area (Å²) in [5, 5.41) is 4.58. The van der Waals surface area contributed by atoms with Crippen LogP contribution in [0.25, 0.3) is 0 Å². The Hall–Kier alpha value is 0.0800. The molecule has 1 nitrogen and oxygen atoms in total. The second-order valence-corrected chi connectivity index (χ2v) is 5.37. The van der Waals surface area contributed by atoms with Crippen LogP contribution in [0.2, 0.25) is 10.0 Å². The molecule has 0 aliphatic carbocycles. The van der Waals surface area contributed by atoms with Crippen molar-refractivity contribution in [3.05, 3.63) is 26.7 Å². The highest BCUT2D eigenvalue weighted by molar-refractivity contribution is 9.10. The van der Waals surface area contributed by atoms with E-state index < -0.39 is 0 Å². The first-order chi connectivity index (χ1) is 7.60. The normalized spacial score (nSPS) is 12.6. The van der Waals surface area contributed by atoms with E-state index in [1.165, 1.54) is 0 Å². The Morgan fingerprint density at radius 3 is 2.50 bits per heavy atom. The largest absolute Gasteiger partial charge is 0.381 e. The standard InChI is InChI=1S/C12H16BrCl2N/c1-3-5-8(4-2)16-10-7-6-9(13)11(14)12(10)15/h6-8,16H,3-5H2,1-2H3. The minimum absolute atomic E-state index is 0.458. The molecule has 1 unspecified atom stereocenters. The van der Waals surface area contributed by atoms with Crippen molar-refractivity contribution >= 4 is 44.8 Å². The number of anilines is 1. The summed E-state index contributed by atoms with van der Waals surface area (Å²) < 4.78 is 0.827. The van der Waals surface area contributed by atoms with Crippen LogP contribution < -0.4 is 5.32 Å². The summed E-state index contributed by atoms with van der Waals surface area (Å²) in [5.74, 6) is 0. The van der Waals surface area contributed by atoms with Gasteiger partial charge >= 0.3 is 0 Å². The van der Waals surface area contributed by atoms with Crippen molar-refractivity contribution in [3.8, 4) is 0 Å². The quantitative estimate of drug-likeness (QED) is 0.680. The van der Waals surface area contributed by atoms with Gasteiger partial charge in [-0.2, -0.15) is 0 Å². The second kappa shape index (κ2) is 6.73. The van der Waals surface area contributed by atoms with Crippen LogP contribution in [0.4, 0.5) is 5.69 Å². The highest BCUT2D eigenvalue weighted by atomic mass is 79.9. The zero-order valence-corrected chi connectivity index (χ0v) is 12.6. The zero-order valence-electron chi connectivity index (χ0n) is 9.49. The maximum atomic E-state index is 6.18. The van der Waals surface area contributed by atoms with Gasteiger partial charge in [-0.1, -0.05) is 43.5 Å². The third-order valence-electron chi connectivity index (χ3n) is 2.52. The average Bonchev–Trinajstić information content (AvgIpc) is 2.29. The SMILES string of the molecule is CCCC(CC)Nc1ccc(Br)c(Cl)c1Cl. The van der Waals surface area contributed by atoms with Crippen molar-refractivity contribution in [3.63, 3.8) is 0 Å². The molecule has 0 saturated carbocycles. The maximum absolute atomic E-state index is 6.18. The first kappa shape index (κ1) is 14.1. The van der Waals surface area contributed by atoms with Gasteiger partial charge in [0.25, 0.3) is 0 Å². The average molecular weight is 325 g/mol. The number of nitrogens with one attached hydrogen (secondary N) is 1. The predicted molar refractivity (Wildman–Crippen MR) is 76.8 cm³/mol. The molecule has 1 atom stereocenters. The zero-order chi connectivity index (χ0) is 12.1. The Bertz CT molecular complexity index is 355. The highest BCUT2D eigenvalue weighted by Crippen LogP contribution is 2.36. The Morgan fingerprint density at radius 1 is 1.25 bits per heavy atom. The first-order valence-corrected chi connectivity index (χ1v) is 7.05. The highest BCUT2D eigenvalue weighted by Gasteiger charge is 2.11. The van der Waals surface area contributed by atoms with E-state index in [-0.39, 0.29) is 0 Å². The summed E-state index contributed by atoms with van der Waals surface area (Å²) in [6, 6.07) is 4.32. The fourth-order valence-electron chi connectivity index (χ4n) is 1.58. The van der Waals surface area contributed by atoms with Gasteiger partial charge < -0.3 is 5.32 Å². The molecular formula is C12H16BrCl2N. The van der Waals surface area contributed by atoms with Gasteiger partial charge in [0.2, 0.25) is 0 Å². The first-order valence-electron chi connectivity index (χ1n) is 5.50. The number of benzene rings is 1. The molecule has 0 radical (unpaired) electrons. The monoisotopic (exact) mass is 323 g/mol. The molecule has 0 heterocycles. The van der Waals surface area contributed by atoms with Gasteiger partial charge in [-0.15, -0.1) is 0 Å². The molecule has 0 aliphatic rings. The van der Waals surface area contributed by atoms with Crippen molar-refractivity contribution in [2.75, 3.05) is 5.32 Å². The number of hydrogen-bond donors (Lipinski definition) is 1. The van der Waals surface area contributed by atoms with Gasteiger partial charge in [-0.05, 0) is 40.9 Å². The Labute approximate surface area is 116 Å². The van der Waals surface area contributed by atoms with E-state index in [1.807, 2.05) is 12.1 Å². The van der Waals surface area contributed by atoms with Gasteiger partial charge in [0.15, 0.2) is 0 Å². The summed E-state index contributed by atoms with van der Waals surface area (Å²) in [6.45, 7) is 4.35. The molecule has 90 valence electrons. The minimum Gasteiger partial charge on any atom is -0.381 e. The third-order valence-corrected chi connectivity index (χ3v) is 4.30. The Morgan fingerprint density at radius 2 is 1.94 bits per heavy atom. The molecule has 0 spiro atoms. The van der Waals surface area contributed by atoms with Crippen LogP contribution in [0.3, 0.4) is 0 Å². The smallest absolute Gasteiger partial charge is 0.0835 e. The van der Waals surface area contributed by atoms with Crippen molar-refractivity contribution in [2.45, 2.75) is 39.2 Å². The number of rotatable bonds is 5. The lowest BCUT2D eigenvalue weighted by Crippen LogP contribution is -2.18. The van der Waals surface area contributed by atoms with Crippen molar-refractivity contribution in [1.82, 2.24) is 0 Å². The molecule has 1 aromatic rings. The molecule has 0 amide bonds. The van der Waals surface area contributed by atoms with Crippen LogP contribution in [0.1, 0.15) is 33.1 Å². The maximum Gasteiger partial charge on any atom is 0.0835 e. The molecule has 0 bridgehead atoms. The van der Waals surface area contributed by atoms with E-state index in [0.29, 0.717) is 16.1 Å². The molecule has 0 fully saturated rings. The lowest BCUT2D eigenvalue weighted by atomic mass is 10.1. The molecule has 0 saturated heterocycles. The van der Waals surface area contributed by atoms with Crippen LogP contribution in [-0.4, -0.2) is 6.04 Å². The summed E-state index contributed by atoms with van der Waals surface area (Å²) in [4.78, 5) is 0.